The van der Waals surface area contributed by atoms with E-state index in [2.05, 4.69) is 0 Å². The Morgan fingerprint density at radius 1 is 1.08 bits per heavy atom. The molecule has 0 atom stereocenters. The molecule has 2 N–H and O–H groups in total. The molecule has 3 rings (SSSR count). The van der Waals surface area contributed by atoms with Gasteiger partial charge in [0.1, 0.15) is 5.75 Å². The molecule has 0 aliphatic carbocycles. The number of benzene rings is 2. The SMILES string of the molecule is COc1ccc(CN2C(=O)CN(Cc3cccc(N)c3)S2(=O)=O)cc1. The Labute approximate surface area is 146 Å². The molecule has 1 aliphatic rings. The van der Waals surface area contributed by atoms with Crippen LogP contribution in [0.1, 0.15) is 11.1 Å². The molecule has 1 fully saturated rings. The maximum absolute atomic E-state index is 12.7. The van der Waals surface area contributed by atoms with Crippen LogP contribution in [0.5, 0.6) is 5.75 Å². The summed E-state index contributed by atoms with van der Waals surface area (Å²) < 4.78 is 32.5. The van der Waals surface area contributed by atoms with Gasteiger partial charge in [0.25, 0.3) is 5.91 Å². The van der Waals surface area contributed by atoms with Crippen LogP contribution in [0.15, 0.2) is 48.5 Å². The minimum atomic E-state index is -3.86. The van der Waals surface area contributed by atoms with Gasteiger partial charge in [0, 0.05) is 12.2 Å². The van der Waals surface area contributed by atoms with Gasteiger partial charge in [-0.1, -0.05) is 24.3 Å². The van der Waals surface area contributed by atoms with Gasteiger partial charge >= 0.3 is 10.2 Å². The lowest BCUT2D eigenvalue weighted by atomic mass is 10.2. The molecule has 0 spiro atoms. The Morgan fingerprint density at radius 2 is 1.80 bits per heavy atom. The van der Waals surface area contributed by atoms with Gasteiger partial charge in [-0.15, -0.1) is 0 Å². The number of hydrogen-bond donors (Lipinski definition) is 1. The number of anilines is 1. The lowest BCUT2D eigenvalue weighted by Gasteiger charge is -2.18. The molecule has 1 amide bonds. The molecule has 0 bridgehead atoms. The van der Waals surface area contributed by atoms with Crippen LogP contribution in [0.25, 0.3) is 0 Å². The summed E-state index contributed by atoms with van der Waals surface area (Å²) in [5, 5.41) is 0. The van der Waals surface area contributed by atoms with Crippen molar-refractivity contribution in [1.29, 1.82) is 0 Å². The highest BCUT2D eigenvalue weighted by molar-refractivity contribution is 7.87. The average molecular weight is 361 g/mol. The zero-order valence-electron chi connectivity index (χ0n) is 13.8. The van der Waals surface area contributed by atoms with Crippen LogP contribution in [0.2, 0.25) is 0 Å². The minimum absolute atomic E-state index is 0.00140. The summed E-state index contributed by atoms with van der Waals surface area (Å²) in [6.45, 7) is -0.0654. The monoisotopic (exact) mass is 361 g/mol. The number of methoxy groups -OCH3 is 1. The van der Waals surface area contributed by atoms with Crippen LogP contribution in [0.3, 0.4) is 0 Å². The van der Waals surface area contributed by atoms with Gasteiger partial charge in [-0.2, -0.15) is 12.7 Å². The van der Waals surface area contributed by atoms with E-state index in [4.69, 9.17) is 10.5 Å². The zero-order valence-corrected chi connectivity index (χ0v) is 14.6. The van der Waals surface area contributed by atoms with Gasteiger partial charge in [-0.3, -0.25) is 4.79 Å². The molecular weight excluding hydrogens is 342 g/mol. The molecule has 1 heterocycles. The smallest absolute Gasteiger partial charge is 0.307 e. The Bertz CT molecular complexity index is 881. The summed E-state index contributed by atoms with van der Waals surface area (Å²) in [6, 6.07) is 13.9. The molecule has 0 radical (unpaired) electrons. The largest absolute Gasteiger partial charge is 0.497 e. The van der Waals surface area contributed by atoms with Crippen LogP contribution >= 0.6 is 0 Å². The van der Waals surface area contributed by atoms with Crippen LogP contribution in [-0.4, -0.2) is 36.6 Å². The Hall–Kier alpha value is -2.58. The van der Waals surface area contributed by atoms with Crippen molar-refractivity contribution in [2.24, 2.45) is 0 Å². The van der Waals surface area contributed by atoms with E-state index in [1.807, 2.05) is 0 Å². The Kier molecular flexibility index (Phi) is 4.65. The number of carbonyl (C=O) groups excluding carboxylic acids is 1. The molecule has 0 unspecified atom stereocenters. The third-order valence-electron chi connectivity index (χ3n) is 3.99. The second-order valence-corrected chi connectivity index (χ2v) is 7.62. The van der Waals surface area contributed by atoms with Gasteiger partial charge in [0.2, 0.25) is 0 Å². The fraction of sp³-hybridized carbons (Fsp3) is 0.235. The Morgan fingerprint density at radius 3 is 2.44 bits per heavy atom. The third-order valence-corrected chi connectivity index (χ3v) is 5.79. The highest BCUT2D eigenvalue weighted by atomic mass is 32.2. The number of amides is 1. The number of carbonyl (C=O) groups is 1. The summed E-state index contributed by atoms with van der Waals surface area (Å²) in [5.74, 6) is 0.224. The maximum Gasteiger partial charge on any atom is 0.307 e. The second-order valence-electron chi connectivity index (χ2n) is 5.77. The molecule has 7 nitrogen and oxygen atoms in total. The summed E-state index contributed by atoms with van der Waals surface area (Å²) in [5.41, 5.74) is 7.73. The fourth-order valence-electron chi connectivity index (χ4n) is 2.68. The number of hydrogen-bond acceptors (Lipinski definition) is 5. The van der Waals surface area contributed by atoms with Crippen LogP contribution < -0.4 is 10.5 Å². The molecule has 0 saturated carbocycles. The first-order valence-corrected chi connectivity index (χ1v) is 9.08. The maximum atomic E-state index is 12.7. The predicted octanol–water partition coefficient (Wildman–Crippen LogP) is 1.37. The van der Waals surface area contributed by atoms with E-state index in [9.17, 15) is 13.2 Å². The number of ether oxygens (including phenoxy) is 1. The van der Waals surface area contributed by atoms with Gasteiger partial charge < -0.3 is 10.5 Å². The molecule has 2 aromatic rings. The first-order valence-electron chi connectivity index (χ1n) is 7.68. The number of nitrogen functional groups attached to an aromatic ring is 1. The van der Waals surface area contributed by atoms with Crippen molar-refractivity contribution < 1.29 is 17.9 Å². The number of nitrogens with two attached hydrogens (primary N) is 1. The third kappa shape index (κ3) is 3.59. The molecule has 1 saturated heterocycles. The van der Waals surface area contributed by atoms with E-state index >= 15 is 0 Å². The minimum Gasteiger partial charge on any atom is -0.497 e. The zero-order chi connectivity index (χ0) is 18.0. The van der Waals surface area contributed by atoms with Crippen molar-refractivity contribution in [3.63, 3.8) is 0 Å². The van der Waals surface area contributed by atoms with Crippen molar-refractivity contribution in [2.45, 2.75) is 13.1 Å². The van der Waals surface area contributed by atoms with Gasteiger partial charge in [0.05, 0.1) is 20.2 Å². The quantitative estimate of drug-likeness (QED) is 0.812. The van der Waals surface area contributed by atoms with Crippen molar-refractivity contribution in [1.82, 2.24) is 8.61 Å². The second kappa shape index (κ2) is 6.73. The van der Waals surface area contributed by atoms with E-state index in [-0.39, 0.29) is 19.6 Å². The van der Waals surface area contributed by atoms with E-state index in [1.165, 1.54) is 0 Å². The molecule has 0 aromatic heterocycles. The van der Waals surface area contributed by atoms with E-state index in [1.54, 1.807) is 55.6 Å². The molecular formula is C17H19N3O4S. The average Bonchev–Trinajstić information content (AvgIpc) is 2.79. The van der Waals surface area contributed by atoms with E-state index < -0.39 is 16.1 Å². The highest BCUT2D eigenvalue weighted by Gasteiger charge is 2.42. The standard InChI is InChI=1S/C17H19N3O4S/c1-24-16-7-5-13(6-8-16)11-20-17(21)12-19(25(20,22)23)10-14-3-2-4-15(18)9-14/h2-9H,10-12,18H2,1H3. The first-order chi connectivity index (χ1) is 11.9. The van der Waals surface area contributed by atoms with E-state index in [0.717, 1.165) is 14.2 Å². The van der Waals surface area contributed by atoms with Gasteiger partial charge in [-0.05, 0) is 35.4 Å². The molecule has 8 heteroatoms. The molecule has 1 aliphatic heterocycles. The summed E-state index contributed by atoms with van der Waals surface area (Å²) >= 11 is 0. The van der Waals surface area contributed by atoms with Crippen molar-refractivity contribution in [2.75, 3.05) is 19.4 Å². The van der Waals surface area contributed by atoms with Gasteiger partial charge in [-0.25, -0.2) is 4.31 Å². The van der Waals surface area contributed by atoms with Crippen molar-refractivity contribution in [3.8, 4) is 5.75 Å². The first kappa shape index (κ1) is 17.2. The van der Waals surface area contributed by atoms with Gasteiger partial charge in [0.15, 0.2) is 0 Å². The summed E-state index contributed by atoms with van der Waals surface area (Å²) in [4.78, 5) is 12.2. The lowest BCUT2D eigenvalue weighted by molar-refractivity contribution is -0.125. The normalized spacial score (nSPS) is 17.0. The van der Waals surface area contributed by atoms with Crippen LogP contribution in [-0.2, 0) is 28.1 Å². The molecule has 132 valence electrons. The Balaban J connectivity index is 1.78. The van der Waals surface area contributed by atoms with E-state index in [0.29, 0.717) is 17.0 Å². The number of rotatable bonds is 5. The topological polar surface area (TPSA) is 92.9 Å². The highest BCUT2D eigenvalue weighted by Crippen LogP contribution is 2.24. The summed E-state index contributed by atoms with van der Waals surface area (Å²) in [6.07, 6.45) is 0. The fourth-order valence-corrected chi connectivity index (χ4v) is 4.17. The van der Waals surface area contributed by atoms with Crippen molar-refractivity contribution in [3.05, 3.63) is 59.7 Å². The predicted molar refractivity (Wildman–Crippen MR) is 93.7 cm³/mol. The summed E-state index contributed by atoms with van der Waals surface area (Å²) in [7, 11) is -2.30. The molecule has 2 aromatic carbocycles. The van der Waals surface area contributed by atoms with Crippen LogP contribution in [0.4, 0.5) is 5.69 Å². The lowest BCUT2D eigenvalue weighted by Crippen LogP contribution is -2.33. The number of nitrogens with zero attached hydrogens (tertiary/aromatic N) is 2. The molecule has 25 heavy (non-hydrogen) atoms. The van der Waals surface area contributed by atoms with Crippen molar-refractivity contribution >= 4 is 21.8 Å². The van der Waals surface area contributed by atoms with Crippen LogP contribution in [0, 0.1) is 0 Å².